The maximum absolute atomic E-state index is 9.00. The maximum Gasteiger partial charge on any atom is 0.222 e. The summed E-state index contributed by atoms with van der Waals surface area (Å²) in [4.78, 5) is 4.19. The van der Waals surface area contributed by atoms with Crippen molar-refractivity contribution in [1.29, 1.82) is 0 Å². The summed E-state index contributed by atoms with van der Waals surface area (Å²) < 4.78 is 6.81. The molecule has 0 amide bonds. The Kier molecular flexibility index (Phi) is 3.96. The lowest BCUT2D eigenvalue weighted by Gasteiger charge is -2.08. The smallest absolute Gasteiger partial charge is 0.222 e. The fourth-order valence-electron chi connectivity index (χ4n) is 1.46. The lowest BCUT2D eigenvalue weighted by atomic mass is 10.2. The Morgan fingerprint density at radius 2 is 2.18 bits per heavy atom. The molecule has 2 aromatic rings. The highest BCUT2D eigenvalue weighted by Gasteiger charge is 2.04. The molecule has 1 aromatic heterocycles. The number of aliphatic hydroxyl groups excluding tert-OH is 1. The van der Waals surface area contributed by atoms with E-state index in [4.69, 9.17) is 9.84 Å². The number of ether oxygens (including phenoxy) is 1. The van der Waals surface area contributed by atoms with E-state index in [0.29, 0.717) is 5.88 Å². The molecular formula is C13H12INO2. The second-order valence-corrected chi connectivity index (χ2v) is 4.93. The predicted molar refractivity (Wildman–Crippen MR) is 74.1 cm³/mol. The number of nitrogens with zero attached hydrogens (tertiary/aromatic N) is 1. The fourth-order valence-corrected chi connectivity index (χ4v) is 1.97. The number of pyridine rings is 1. The first kappa shape index (κ1) is 12.3. The van der Waals surface area contributed by atoms with Crippen LogP contribution in [0.15, 0.2) is 36.5 Å². The fraction of sp³-hybridized carbons (Fsp3) is 0.154. The van der Waals surface area contributed by atoms with Crippen molar-refractivity contribution in [1.82, 2.24) is 4.98 Å². The summed E-state index contributed by atoms with van der Waals surface area (Å²) in [5.74, 6) is 1.34. The molecule has 1 N–H and O–H groups in total. The van der Waals surface area contributed by atoms with Crippen LogP contribution in [0.25, 0.3) is 0 Å². The minimum Gasteiger partial charge on any atom is -0.439 e. The largest absolute Gasteiger partial charge is 0.439 e. The topological polar surface area (TPSA) is 42.4 Å². The summed E-state index contributed by atoms with van der Waals surface area (Å²) in [7, 11) is 0. The number of aromatic nitrogens is 1. The minimum absolute atomic E-state index is 0.00262. The van der Waals surface area contributed by atoms with E-state index in [1.807, 2.05) is 37.3 Å². The Labute approximate surface area is 114 Å². The van der Waals surface area contributed by atoms with E-state index in [1.54, 1.807) is 6.20 Å². The molecule has 17 heavy (non-hydrogen) atoms. The molecule has 0 aliphatic heterocycles. The molecule has 4 heteroatoms. The average Bonchev–Trinajstić information content (AvgIpc) is 2.32. The van der Waals surface area contributed by atoms with Crippen molar-refractivity contribution in [2.45, 2.75) is 13.5 Å². The van der Waals surface area contributed by atoms with E-state index in [1.165, 1.54) is 0 Å². The van der Waals surface area contributed by atoms with Crippen LogP contribution in [0, 0.1) is 10.5 Å². The summed E-state index contributed by atoms with van der Waals surface area (Å²) >= 11 is 2.23. The van der Waals surface area contributed by atoms with Crippen molar-refractivity contribution < 1.29 is 9.84 Å². The molecule has 0 unspecified atom stereocenters. The zero-order valence-electron chi connectivity index (χ0n) is 9.35. The van der Waals surface area contributed by atoms with Crippen molar-refractivity contribution >= 4 is 22.6 Å². The highest BCUT2D eigenvalue weighted by molar-refractivity contribution is 14.1. The van der Waals surface area contributed by atoms with E-state index in [-0.39, 0.29) is 6.61 Å². The summed E-state index contributed by atoms with van der Waals surface area (Å²) in [5.41, 5.74) is 1.70. The van der Waals surface area contributed by atoms with Crippen molar-refractivity contribution in [3.63, 3.8) is 0 Å². The summed E-state index contributed by atoms with van der Waals surface area (Å²) in [5, 5.41) is 9.00. The molecule has 1 aromatic carbocycles. The predicted octanol–water partition coefficient (Wildman–Crippen LogP) is 3.28. The molecule has 2 rings (SSSR count). The Balaban J connectivity index is 2.24. The molecule has 0 bridgehead atoms. The van der Waals surface area contributed by atoms with Crippen molar-refractivity contribution in [2.75, 3.05) is 0 Å². The lowest BCUT2D eigenvalue weighted by Crippen LogP contribution is -1.94. The molecule has 88 valence electrons. The Morgan fingerprint density at radius 3 is 2.82 bits per heavy atom. The Hall–Kier alpha value is -1.14. The summed E-state index contributed by atoms with van der Waals surface area (Å²) in [6.45, 7) is 1.91. The van der Waals surface area contributed by atoms with Gasteiger partial charge in [0.05, 0.1) is 6.61 Å². The molecule has 0 aliphatic rings. The number of halogens is 1. The maximum atomic E-state index is 9.00. The molecule has 0 saturated carbocycles. The molecule has 1 heterocycles. The van der Waals surface area contributed by atoms with Crippen LogP contribution < -0.4 is 4.74 Å². The van der Waals surface area contributed by atoms with E-state index in [2.05, 4.69) is 27.6 Å². The summed E-state index contributed by atoms with van der Waals surface area (Å²) in [6, 6.07) is 9.65. The zero-order chi connectivity index (χ0) is 12.3. The molecule has 0 spiro atoms. The third kappa shape index (κ3) is 3.17. The molecular weight excluding hydrogens is 329 g/mol. The van der Waals surface area contributed by atoms with Gasteiger partial charge >= 0.3 is 0 Å². The number of rotatable bonds is 3. The Morgan fingerprint density at radius 1 is 1.35 bits per heavy atom. The van der Waals surface area contributed by atoms with Crippen LogP contribution >= 0.6 is 22.6 Å². The van der Waals surface area contributed by atoms with E-state index >= 15 is 0 Å². The van der Waals surface area contributed by atoms with Crippen LogP contribution in [-0.2, 0) is 6.61 Å². The zero-order valence-corrected chi connectivity index (χ0v) is 11.5. The molecule has 0 fully saturated rings. The number of benzene rings is 1. The van der Waals surface area contributed by atoms with Crippen LogP contribution in [0.3, 0.4) is 0 Å². The number of hydrogen-bond donors (Lipinski definition) is 1. The van der Waals surface area contributed by atoms with E-state index in [0.717, 1.165) is 20.4 Å². The van der Waals surface area contributed by atoms with Gasteiger partial charge in [-0.05, 0) is 59.3 Å². The van der Waals surface area contributed by atoms with Crippen LogP contribution in [0.5, 0.6) is 11.6 Å². The number of hydrogen-bond acceptors (Lipinski definition) is 3. The van der Waals surface area contributed by atoms with Gasteiger partial charge in [0, 0.05) is 15.3 Å². The lowest BCUT2D eigenvalue weighted by molar-refractivity contribution is 0.281. The van der Waals surface area contributed by atoms with Gasteiger partial charge in [-0.15, -0.1) is 0 Å². The van der Waals surface area contributed by atoms with Gasteiger partial charge in [0.25, 0.3) is 0 Å². The van der Waals surface area contributed by atoms with Crippen LogP contribution in [0.1, 0.15) is 11.1 Å². The molecule has 0 atom stereocenters. The van der Waals surface area contributed by atoms with Gasteiger partial charge in [-0.2, -0.15) is 0 Å². The van der Waals surface area contributed by atoms with Crippen LogP contribution in [0.2, 0.25) is 0 Å². The monoisotopic (exact) mass is 341 g/mol. The van der Waals surface area contributed by atoms with E-state index < -0.39 is 0 Å². The SMILES string of the molecule is Cc1cc(CO)cnc1Oc1cccc(I)c1. The van der Waals surface area contributed by atoms with Gasteiger partial charge in [-0.1, -0.05) is 6.07 Å². The Bertz CT molecular complexity index is 529. The average molecular weight is 341 g/mol. The van der Waals surface area contributed by atoms with Gasteiger partial charge in [-0.25, -0.2) is 4.98 Å². The van der Waals surface area contributed by atoms with Crippen molar-refractivity contribution in [3.05, 3.63) is 51.2 Å². The van der Waals surface area contributed by atoms with Crippen molar-refractivity contribution in [2.24, 2.45) is 0 Å². The number of aliphatic hydroxyl groups is 1. The standard InChI is InChI=1S/C13H12INO2/c1-9-5-10(8-16)7-15-13(9)17-12-4-2-3-11(14)6-12/h2-7,16H,8H2,1H3. The second-order valence-electron chi connectivity index (χ2n) is 3.68. The molecule has 0 radical (unpaired) electrons. The first-order valence-electron chi connectivity index (χ1n) is 5.19. The first-order chi connectivity index (χ1) is 8.19. The first-order valence-corrected chi connectivity index (χ1v) is 6.26. The van der Waals surface area contributed by atoms with Gasteiger partial charge in [0.2, 0.25) is 5.88 Å². The molecule has 0 aliphatic carbocycles. The number of aryl methyl sites for hydroxylation is 1. The quantitative estimate of drug-likeness (QED) is 0.872. The molecule has 0 saturated heterocycles. The third-order valence-corrected chi connectivity index (χ3v) is 2.95. The summed E-state index contributed by atoms with van der Waals surface area (Å²) in [6.07, 6.45) is 1.62. The molecule has 3 nitrogen and oxygen atoms in total. The van der Waals surface area contributed by atoms with Gasteiger partial charge < -0.3 is 9.84 Å². The highest BCUT2D eigenvalue weighted by atomic mass is 127. The highest BCUT2D eigenvalue weighted by Crippen LogP contribution is 2.24. The van der Waals surface area contributed by atoms with E-state index in [9.17, 15) is 0 Å². The second kappa shape index (κ2) is 5.46. The third-order valence-electron chi connectivity index (χ3n) is 2.28. The van der Waals surface area contributed by atoms with Gasteiger partial charge in [0.15, 0.2) is 0 Å². The van der Waals surface area contributed by atoms with Gasteiger partial charge in [0.1, 0.15) is 5.75 Å². The normalized spacial score (nSPS) is 10.3. The van der Waals surface area contributed by atoms with Crippen LogP contribution in [0.4, 0.5) is 0 Å². The van der Waals surface area contributed by atoms with Gasteiger partial charge in [-0.3, -0.25) is 0 Å². The van der Waals surface area contributed by atoms with Crippen molar-refractivity contribution in [3.8, 4) is 11.6 Å². The minimum atomic E-state index is -0.00262. The van der Waals surface area contributed by atoms with Crippen LogP contribution in [-0.4, -0.2) is 10.1 Å².